The van der Waals surface area contributed by atoms with Crippen molar-refractivity contribution in [2.24, 2.45) is 5.92 Å². The van der Waals surface area contributed by atoms with Gasteiger partial charge in [-0.2, -0.15) is 0 Å². The summed E-state index contributed by atoms with van der Waals surface area (Å²) in [6.45, 7) is 8.57. The molecule has 0 spiro atoms. The van der Waals surface area contributed by atoms with Crippen LogP contribution in [0.15, 0.2) is 0 Å². The summed E-state index contributed by atoms with van der Waals surface area (Å²) in [6.07, 6.45) is 20.5. The Morgan fingerprint density at radius 3 is 1.97 bits per heavy atom. The molecule has 29 heavy (non-hydrogen) atoms. The standard InChI is InChI=1S/C25H50N2O2/c1-3-4-5-6-7-10-13-21-27(23-18-24-16-19-26-20-17-24)22-14-11-8-9-12-15-25(28)29-2/h24,26H,3-23H2,1-2H3. The van der Waals surface area contributed by atoms with Crippen molar-refractivity contribution in [2.75, 3.05) is 39.8 Å². The van der Waals surface area contributed by atoms with Crippen molar-refractivity contribution in [2.45, 2.75) is 110 Å². The number of unbranched alkanes of at least 4 members (excludes halogenated alkanes) is 10. The van der Waals surface area contributed by atoms with Gasteiger partial charge in [0, 0.05) is 6.42 Å². The number of nitrogens with zero attached hydrogens (tertiary/aromatic N) is 1. The van der Waals surface area contributed by atoms with Gasteiger partial charge in [-0.05, 0) is 77.2 Å². The molecule has 0 aromatic heterocycles. The monoisotopic (exact) mass is 410 g/mol. The highest BCUT2D eigenvalue weighted by Crippen LogP contribution is 2.17. The summed E-state index contributed by atoms with van der Waals surface area (Å²) in [5.74, 6) is 0.870. The van der Waals surface area contributed by atoms with Crippen molar-refractivity contribution in [1.82, 2.24) is 10.2 Å². The van der Waals surface area contributed by atoms with E-state index in [1.807, 2.05) is 0 Å². The summed E-state index contributed by atoms with van der Waals surface area (Å²) in [6, 6.07) is 0. The van der Waals surface area contributed by atoms with Crippen LogP contribution >= 0.6 is 0 Å². The SMILES string of the molecule is CCCCCCCCCN(CCCCCCCC(=O)OC)CCC1CCNCC1. The number of hydrogen-bond donors (Lipinski definition) is 1. The quantitative estimate of drug-likeness (QED) is 0.211. The molecule has 0 aliphatic carbocycles. The summed E-state index contributed by atoms with van der Waals surface area (Å²) >= 11 is 0. The molecule has 0 aromatic rings. The maximum absolute atomic E-state index is 11.2. The summed E-state index contributed by atoms with van der Waals surface area (Å²) in [7, 11) is 1.48. The van der Waals surface area contributed by atoms with Crippen LogP contribution in [0.2, 0.25) is 0 Å². The normalized spacial score (nSPS) is 15.1. The Balaban J connectivity index is 2.14. The maximum Gasteiger partial charge on any atom is 0.305 e. The van der Waals surface area contributed by atoms with E-state index in [0.717, 1.165) is 18.8 Å². The molecule has 1 rings (SSSR count). The molecule has 1 aliphatic rings. The van der Waals surface area contributed by atoms with Crippen LogP contribution < -0.4 is 5.32 Å². The van der Waals surface area contributed by atoms with Crippen molar-refractivity contribution < 1.29 is 9.53 Å². The highest BCUT2D eigenvalue weighted by Gasteiger charge is 2.14. The fraction of sp³-hybridized carbons (Fsp3) is 0.960. The average molecular weight is 411 g/mol. The minimum atomic E-state index is -0.0659. The number of carbonyl (C=O) groups excluding carboxylic acids is 1. The van der Waals surface area contributed by atoms with E-state index in [-0.39, 0.29) is 5.97 Å². The first-order valence-corrected chi connectivity index (χ1v) is 12.8. The molecule has 1 saturated heterocycles. The van der Waals surface area contributed by atoms with Gasteiger partial charge in [0.25, 0.3) is 0 Å². The Morgan fingerprint density at radius 2 is 1.38 bits per heavy atom. The number of hydrogen-bond acceptors (Lipinski definition) is 4. The lowest BCUT2D eigenvalue weighted by atomic mass is 9.94. The molecule has 1 heterocycles. The lowest BCUT2D eigenvalue weighted by Crippen LogP contribution is -2.32. The Bertz CT molecular complexity index is 370. The van der Waals surface area contributed by atoms with Crippen LogP contribution in [0.3, 0.4) is 0 Å². The fourth-order valence-corrected chi connectivity index (χ4v) is 4.40. The number of rotatable bonds is 19. The Morgan fingerprint density at radius 1 is 0.828 bits per heavy atom. The van der Waals surface area contributed by atoms with Crippen LogP contribution in [0.5, 0.6) is 0 Å². The predicted octanol–water partition coefficient (Wildman–Crippen LogP) is 5.94. The van der Waals surface area contributed by atoms with Crippen LogP contribution in [-0.4, -0.2) is 50.7 Å². The molecular weight excluding hydrogens is 360 g/mol. The molecule has 0 atom stereocenters. The van der Waals surface area contributed by atoms with Gasteiger partial charge in [-0.3, -0.25) is 4.79 Å². The second kappa shape index (κ2) is 19.4. The first-order valence-electron chi connectivity index (χ1n) is 12.8. The van der Waals surface area contributed by atoms with Gasteiger partial charge in [-0.25, -0.2) is 0 Å². The zero-order chi connectivity index (χ0) is 21.0. The lowest BCUT2D eigenvalue weighted by Gasteiger charge is -2.27. The first-order chi connectivity index (χ1) is 14.3. The maximum atomic E-state index is 11.2. The van der Waals surface area contributed by atoms with E-state index in [1.54, 1.807) is 0 Å². The van der Waals surface area contributed by atoms with Crippen LogP contribution in [0, 0.1) is 5.92 Å². The van der Waals surface area contributed by atoms with E-state index in [1.165, 1.54) is 123 Å². The van der Waals surface area contributed by atoms with Crippen molar-refractivity contribution in [3.8, 4) is 0 Å². The van der Waals surface area contributed by atoms with Crippen LogP contribution in [0.4, 0.5) is 0 Å². The number of ether oxygens (including phenoxy) is 1. The van der Waals surface area contributed by atoms with E-state index in [0.29, 0.717) is 6.42 Å². The summed E-state index contributed by atoms with van der Waals surface area (Å²) in [5.41, 5.74) is 0. The summed E-state index contributed by atoms with van der Waals surface area (Å²) in [4.78, 5) is 13.9. The average Bonchev–Trinajstić information content (AvgIpc) is 2.76. The number of methoxy groups -OCH3 is 1. The van der Waals surface area contributed by atoms with E-state index in [2.05, 4.69) is 17.1 Å². The van der Waals surface area contributed by atoms with E-state index in [9.17, 15) is 4.79 Å². The highest BCUT2D eigenvalue weighted by atomic mass is 16.5. The molecule has 0 bridgehead atoms. The third kappa shape index (κ3) is 15.8. The molecule has 4 nitrogen and oxygen atoms in total. The minimum Gasteiger partial charge on any atom is -0.469 e. The van der Waals surface area contributed by atoms with Gasteiger partial charge < -0.3 is 15.0 Å². The summed E-state index contributed by atoms with van der Waals surface area (Å²) in [5, 5.41) is 3.49. The molecule has 1 N–H and O–H groups in total. The Hall–Kier alpha value is -0.610. The van der Waals surface area contributed by atoms with Gasteiger partial charge in [-0.15, -0.1) is 0 Å². The predicted molar refractivity (Wildman–Crippen MR) is 124 cm³/mol. The largest absolute Gasteiger partial charge is 0.469 e. The van der Waals surface area contributed by atoms with Crippen LogP contribution in [-0.2, 0) is 9.53 Å². The molecule has 1 fully saturated rings. The van der Waals surface area contributed by atoms with Gasteiger partial charge in [0.2, 0.25) is 0 Å². The van der Waals surface area contributed by atoms with Crippen molar-refractivity contribution >= 4 is 5.97 Å². The van der Waals surface area contributed by atoms with Gasteiger partial charge >= 0.3 is 5.97 Å². The fourth-order valence-electron chi connectivity index (χ4n) is 4.40. The molecule has 0 saturated carbocycles. The Labute approximate surface area is 181 Å². The van der Waals surface area contributed by atoms with Crippen LogP contribution in [0.25, 0.3) is 0 Å². The number of carbonyl (C=O) groups is 1. The number of piperidine rings is 1. The minimum absolute atomic E-state index is 0.0659. The molecule has 4 heteroatoms. The number of nitrogens with one attached hydrogen (secondary N) is 1. The third-order valence-corrected chi connectivity index (χ3v) is 6.47. The zero-order valence-corrected chi connectivity index (χ0v) is 19.7. The van der Waals surface area contributed by atoms with E-state index >= 15 is 0 Å². The smallest absolute Gasteiger partial charge is 0.305 e. The first kappa shape index (κ1) is 26.4. The summed E-state index contributed by atoms with van der Waals surface area (Å²) < 4.78 is 4.71. The second-order valence-electron chi connectivity index (χ2n) is 9.04. The highest BCUT2D eigenvalue weighted by molar-refractivity contribution is 5.68. The van der Waals surface area contributed by atoms with Gasteiger partial charge in [0.05, 0.1) is 7.11 Å². The zero-order valence-electron chi connectivity index (χ0n) is 19.7. The molecule has 0 amide bonds. The van der Waals surface area contributed by atoms with Gasteiger partial charge in [-0.1, -0.05) is 64.7 Å². The van der Waals surface area contributed by atoms with E-state index in [4.69, 9.17) is 4.74 Å². The second-order valence-corrected chi connectivity index (χ2v) is 9.04. The number of esters is 1. The van der Waals surface area contributed by atoms with Crippen molar-refractivity contribution in [3.63, 3.8) is 0 Å². The van der Waals surface area contributed by atoms with Gasteiger partial charge in [0.15, 0.2) is 0 Å². The molecule has 1 aliphatic heterocycles. The van der Waals surface area contributed by atoms with Gasteiger partial charge in [0.1, 0.15) is 0 Å². The third-order valence-electron chi connectivity index (χ3n) is 6.47. The van der Waals surface area contributed by atoms with Crippen molar-refractivity contribution in [1.29, 1.82) is 0 Å². The Kier molecular flexibility index (Phi) is 17.6. The molecule has 0 aromatic carbocycles. The van der Waals surface area contributed by atoms with E-state index < -0.39 is 0 Å². The van der Waals surface area contributed by atoms with Crippen LogP contribution in [0.1, 0.15) is 110 Å². The topological polar surface area (TPSA) is 41.6 Å². The lowest BCUT2D eigenvalue weighted by molar-refractivity contribution is -0.140. The van der Waals surface area contributed by atoms with Crippen molar-refractivity contribution in [3.05, 3.63) is 0 Å². The molecule has 0 unspecified atom stereocenters. The molecular formula is C25H50N2O2. The molecule has 172 valence electrons. The molecule has 0 radical (unpaired) electrons.